The van der Waals surface area contributed by atoms with Gasteiger partial charge in [-0.2, -0.15) is 0 Å². The predicted octanol–water partition coefficient (Wildman–Crippen LogP) is 3.29. The van der Waals surface area contributed by atoms with E-state index in [0.29, 0.717) is 19.0 Å². The van der Waals surface area contributed by atoms with Crippen LogP contribution < -0.4 is 10.1 Å². The van der Waals surface area contributed by atoms with E-state index in [0.717, 1.165) is 35.3 Å². The van der Waals surface area contributed by atoms with Gasteiger partial charge >= 0.3 is 0 Å². The summed E-state index contributed by atoms with van der Waals surface area (Å²) in [6.07, 6.45) is 3.16. The lowest BCUT2D eigenvalue weighted by atomic mass is 10.1. The number of benzene rings is 1. The number of aromatic nitrogens is 1. The van der Waals surface area contributed by atoms with Crippen LogP contribution in [-0.4, -0.2) is 23.6 Å². The Morgan fingerprint density at radius 1 is 1.33 bits per heavy atom. The second-order valence-corrected chi connectivity index (χ2v) is 6.10. The average Bonchev–Trinajstić information content (AvgIpc) is 3.12. The molecule has 1 saturated heterocycles. The third-order valence-corrected chi connectivity index (χ3v) is 4.04. The molecule has 1 unspecified atom stereocenters. The zero-order valence-electron chi connectivity index (χ0n) is 14.0. The summed E-state index contributed by atoms with van der Waals surface area (Å²) in [5, 5.41) is 2.88. The van der Waals surface area contributed by atoms with Gasteiger partial charge in [0.15, 0.2) is 0 Å². The number of rotatable bonds is 5. The molecule has 2 aromatic rings. The van der Waals surface area contributed by atoms with Crippen molar-refractivity contribution in [3.63, 3.8) is 0 Å². The second-order valence-electron chi connectivity index (χ2n) is 6.10. The monoisotopic (exact) mass is 326 g/mol. The molecule has 126 valence electrons. The minimum absolute atomic E-state index is 0.0526. The third-order valence-electron chi connectivity index (χ3n) is 4.04. The maximum atomic E-state index is 11.9. The van der Waals surface area contributed by atoms with Crippen molar-refractivity contribution in [1.82, 2.24) is 10.3 Å². The van der Waals surface area contributed by atoms with E-state index in [1.54, 1.807) is 6.20 Å². The van der Waals surface area contributed by atoms with E-state index < -0.39 is 0 Å². The molecule has 0 saturated carbocycles. The van der Waals surface area contributed by atoms with Gasteiger partial charge in [0, 0.05) is 25.4 Å². The first-order chi connectivity index (χ1) is 11.6. The molecule has 3 rings (SSSR count). The number of aryl methyl sites for hydroxylation is 2. The molecule has 24 heavy (non-hydrogen) atoms. The standard InChI is InChI=1S/C19H22N2O3/c1-13-5-6-14(2)17(10-13)24-18-8-7-15(11-20-18)12-21-19(22)16-4-3-9-23-16/h5-8,10-11,16H,3-4,9,12H2,1-2H3,(H,21,22). The van der Waals surface area contributed by atoms with Crippen molar-refractivity contribution in [2.45, 2.75) is 39.3 Å². The highest BCUT2D eigenvalue weighted by molar-refractivity contribution is 5.80. The molecular formula is C19H22N2O3. The van der Waals surface area contributed by atoms with Crippen molar-refractivity contribution in [1.29, 1.82) is 0 Å². The maximum absolute atomic E-state index is 11.9. The van der Waals surface area contributed by atoms with Gasteiger partial charge in [-0.15, -0.1) is 0 Å². The second kappa shape index (κ2) is 7.45. The first-order valence-electron chi connectivity index (χ1n) is 8.21. The van der Waals surface area contributed by atoms with Gasteiger partial charge in [0.25, 0.3) is 0 Å². The number of nitrogens with one attached hydrogen (secondary N) is 1. The van der Waals surface area contributed by atoms with Crippen molar-refractivity contribution < 1.29 is 14.3 Å². The van der Waals surface area contributed by atoms with E-state index in [4.69, 9.17) is 9.47 Å². The minimum Gasteiger partial charge on any atom is -0.439 e. The van der Waals surface area contributed by atoms with Crippen LogP contribution in [0.3, 0.4) is 0 Å². The summed E-state index contributed by atoms with van der Waals surface area (Å²) in [7, 11) is 0. The molecule has 1 aliphatic heterocycles. The molecule has 1 N–H and O–H groups in total. The van der Waals surface area contributed by atoms with E-state index >= 15 is 0 Å². The molecule has 1 amide bonds. The Balaban J connectivity index is 1.57. The Bertz CT molecular complexity index is 707. The van der Waals surface area contributed by atoms with Crippen LogP contribution in [0.4, 0.5) is 0 Å². The Labute approximate surface area is 142 Å². The lowest BCUT2D eigenvalue weighted by Gasteiger charge is -2.11. The fraction of sp³-hybridized carbons (Fsp3) is 0.368. The van der Waals surface area contributed by atoms with Gasteiger partial charge < -0.3 is 14.8 Å². The number of ether oxygens (including phenoxy) is 2. The molecule has 1 aliphatic rings. The number of hydrogen-bond donors (Lipinski definition) is 1. The van der Waals surface area contributed by atoms with Crippen LogP contribution in [0.5, 0.6) is 11.6 Å². The first-order valence-corrected chi connectivity index (χ1v) is 8.21. The molecule has 1 aromatic carbocycles. The summed E-state index contributed by atoms with van der Waals surface area (Å²) in [4.78, 5) is 16.2. The van der Waals surface area contributed by atoms with Gasteiger partial charge in [0.1, 0.15) is 11.9 Å². The summed E-state index contributed by atoms with van der Waals surface area (Å²) in [6.45, 7) is 5.14. The number of hydrogen-bond acceptors (Lipinski definition) is 4. The summed E-state index contributed by atoms with van der Waals surface area (Å²) in [6, 6.07) is 9.79. The Hall–Kier alpha value is -2.40. The quantitative estimate of drug-likeness (QED) is 0.916. The normalized spacial score (nSPS) is 16.8. The average molecular weight is 326 g/mol. The van der Waals surface area contributed by atoms with Crippen molar-refractivity contribution in [2.75, 3.05) is 6.61 Å². The summed E-state index contributed by atoms with van der Waals surface area (Å²) in [5.74, 6) is 1.29. The first kappa shape index (κ1) is 16.5. The number of nitrogens with zero attached hydrogens (tertiary/aromatic N) is 1. The fourth-order valence-corrected chi connectivity index (χ4v) is 2.59. The summed E-state index contributed by atoms with van der Waals surface area (Å²) in [5.41, 5.74) is 3.13. The maximum Gasteiger partial charge on any atom is 0.249 e. The van der Waals surface area contributed by atoms with E-state index in [1.165, 1.54) is 0 Å². The van der Waals surface area contributed by atoms with Crippen molar-refractivity contribution in [2.24, 2.45) is 0 Å². The molecule has 2 heterocycles. The number of pyridine rings is 1. The lowest BCUT2D eigenvalue weighted by molar-refractivity contribution is -0.130. The molecule has 5 heteroatoms. The van der Waals surface area contributed by atoms with E-state index in [9.17, 15) is 4.79 Å². The molecule has 5 nitrogen and oxygen atoms in total. The van der Waals surface area contributed by atoms with Gasteiger partial charge in [0.2, 0.25) is 11.8 Å². The SMILES string of the molecule is Cc1ccc(C)c(Oc2ccc(CNC(=O)C3CCCO3)cn2)c1. The molecule has 0 radical (unpaired) electrons. The highest BCUT2D eigenvalue weighted by atomic mass is 16.5. The highest BCUT2D eigenvalue weighted by Gasteiger charge is 2.22. The van der Waals surface area contributed by atoms with E-state index in [1.807, 2.05) is 38.1 Å². The number of carbonyl (C=O) groups excluding carboxylic acids is 1. The van der Waals surface area contributed by atoms with Gasteiger partial charge in [-0.1, -0.05) is 18.2 Å². The van der Waals surface area contributed by atoms with Crippen molar-refractivity contribution >= 4 is 5.91 Å². The van der Waals surface area contributed by atoms with Crippen LogP contribution in [0, 0.1) is 13.8 Å². The number of carbonyl (C=O) groups is 1. The molecule has 0 bridgehead atoms. The third kappa shape index (κ3) is 4.11. The highest BCUT2D eigenvalue weighted by Crippen LogP contribution is 2.24. The predicted molar refractivity (Wildman–Crippen MR) is 91.0 cm³/mol. The Morgan fingerprint density at radius 2 is 2.21 bits per heavy atom. The van der Waals surface area contributed by atoms with Crippen molar-refractivity contribution in [3.05, 3.63) is 53.2 Å². The molecule has 0 aliphatic carbocycles. The Morgan fingerprint density at radius 3 is 2.92 bits per heavy atom. The van der Waals surface area contributed by atoms with E-state index in [-0.39, 0.29) is 12.0 Å². The Kier molecular flexibility index (Phi) is 5.11. The molecule has 1 atom stereocenters. The van der Waals surface area contributed by atoms with Crippen LogP contribution in [0.2, 0.25) is 0 Å². The van der Waals surface area contributed by atoms with E-state index in [2.05, 4.69) is 16.4 Å². The zero-order chi connectivity index (χ0) is 16.9. The number of amides is 1. The van der Waals surface area contributed by atoms with Crippen LogP contribution in [0.1, 0.15) is 29.5 Å². The van der Waals surface area contributed by atoms with Gasteiger partial charge in [-0.3, -0.25) is 4.79 Å². The molecular weight excluding hydrogens is 304 g/mol. The van der Waals surface area contributed by atoms with Crippen LogP contribution in [0.15, 0.2) is 36.5 Å². The van der Waals surface area contributed by atoms with Crippen molar-refractivity contribution in [3.8, 4) is 11.6 Å². The van der Waals surface area contributed by atoms with Gasteiger partial charge in [-0.25, -0.2) is 4.98 Å². The molecule has 1 fully saturated rings. The van der Waals surface area contributed by atoms with Crippen LogP contribution in [-0.2, 0) is 16.1 Å². The van der Waals surface area contributed by atoms with Crippen LogP contribution >= 0.6 is 0 Å². The lowest BCUT2D eigenvalue weighted by Crippen LogP contribution is -2.33. The molecule has 0 spiro atoms. The smallest absolute Gasteiger partial charge is 0.249 e. The minimum atomic E-state index is -0.301. The van der Waals surface area contributed by atoms with Crippen LogP contribution in [0.25, 0.3) is 0 Å². The molecule has 1 aromatic heterocycles. The van der Waals surface area contributed by atoms with Gasteiger partial charge in [0.05, 0.1) is 0 Å². The van der Waals surface area contributed by atoms with Gasteiger partial charge in [-0.05, 0) is 49.4 Å². The topological polar surface area (TPSA) is 60.5 Å². The summed E-state index contributed by atoms with van der Waals surface area (Å²) >= 11 is 0. The fourth-order valence-electron chi connectivity index (χ4n) is 2.59. The zero-order valence-corrected chi connectivity index (χ0v) is 14.0. The largest absolute Gasteiger partial charge is 0.439 e. The summed E-state index contributed by atoms with van der Waals surface area (Å²) < 4.78 is 11.2.